The molecule has 0 saturated heterocycles. The summed E-state index contributed by atoms with van der Waals surface area (Å²) in [7, 11) is -0.158. The zero-order valence-corrected chi connectivity index (χ0v) is 14.4. The quantitative estimate of drug-likeness (QED) is 0.852. The molecular formula is C16H21N3O3S. The van der Waals surface area contributed by atoms with Crippen LogP contribution in [0.1, 0.15) is 22.9 Å². The normalized spacial score (nSPS) is 18.8. The van der Waals surface area contributed by atoms with Crippen LogP contribution in [0.25, 0.3) is 0 Å². The van der Waals surface area contributed by atoms with Crippen molar-refractivity contribution >= 4 is 10.0 Å². The first-order valence-electron chi connectivity index (χ1n) is 7.53. The number of benzene rings is 1. The molecule has 0 aliphatic carbocycles. The minimum Gasteiger partial charge on any atom is -0.383 e. The number of hydrogen-bond donors (Lipinski definition) is 0. The molecule has 6 nitrogen and oxygen atoms in total. The number of methoxy groups -OCH3 is 1. The van der Waals surface area contributed by atoms with Crippen LogP contribution in [0.15, 0.2) is 35.4 Å². The molecule has 0 saturated carbocycles. The number of rotatable bonds is 4. The zero-order valence-electron chi connectivity index (χ0n) is 13.6. The molecule has 0 radical (unpaired) electrons. The molecule has 3 rings (SSSR count). The fourth-order valence-corrected chi connectivity index (χ4v) is 4.84. The van der Waals surface area contributed by atoms with Gasteiger partial charge in [0, 0.05) is 20.7 Å². The van der Waals surface area contributed by atoms with Gasteiger partial charge in [0.1, 0.15) is 0 Å². The van der Waals surface area contributed by atoms with E-state index in [1.165, 1.54) is 4.31 Å². The van der Waals surface area contributed by atoms with Crippen LogP contribution in [0.3, 0.4) is 0 Å². The molecule has 124 valence electrons. The Bertz CT molecular complexity index is 814. The molecule has 1 aliphatic heterocycles. The van der Waals surface area contributed by atoms with Crippen molar-refractivity contribution in [2.75, 3.05) is 20.3 Å². The lowest BCUT2D eigenvalue weighted by Crippen LogP contribution is -2.42. The summed E-state index contributed by atoms with van der Waals surface area (Å²) in [6.07, 6.45) is 2.48. The smallest absolute Gasteiger partial charge is 0.243 e. The lowest BCUT2D eigenvalue weighted by Gasteiger charge is -2.34. The SMILES string of the molecule is COCC1c2c(cnn2C)CCN1S(=O)(=O)c1cccc(C)c1. The standard InChI is InChI=1S/C16H21N3O3S/c1-12-5-4-6-14(9-12)23(20,21)19-8-7-13-10-17-18(2)16(13)15(19)11-22-3/h4-6,9-10,15H,7-8,11H2,1-3H3. The Morgan fingerprint density at radius 3 is 2.87 bits per heavy atom. The minimum atomic E-state index is -3.58. The van der Waals surface area contributed by atoms with Crippen molar-refractivity contribution in [3.05, 3.63) is 47.3 Å². The average Bonchev–Trinajstić information content (AvgIpc) is 2.89. The Morgan fingerprint density at radius 2 is 2.17 bits per heavy atom. The minimum absolute atomic E-state index is 0.303. The second-order valence-electron chi connectivity index (χ2n) is 5.83. The summed E-state index contributed by atoms with van der Waals surface area (Å²) in [5.74, 6) is 0. The predicted molar refractivity (Wildman–Crippen MR) is 86.6 cm³/mol. The van der Waals surface area contributed by atoms with Crippen LogP contribution in [0, 0.1) is 6.92 Å². The van der Waals surface area contributed by atoms with Gasteiger partial charge in [-0.05, 0) is 36.6 Å². The molecule has 1 aliphatic rings. The maximum absolute atomic E-state index is 13.1. The lowest BCUT2D eigenvalue weighted by atomic mass is 10.0. The van der Waals surface area contributed by atoms with Crippen LogP contribution >= 0.6 is 0 Å². The summed E-state index contributed by atoms with van der Waals surface area (Å²) in [6.45, 7) is 2.63. The van der Waals surface area contributed by atoms with Crippen molar-refractivity contribution in [3.63, 3.8) is 0 Å². The molecule has 0 spiro atoms. The van der Waals surface area contributed by atoms with E-state index in [0.717, 1.165) is 16.8 Å². The Morgan fingerprint density at radius 1 is 1.39 bits per heavy atom. The van der Waals surface area contributed by atoms with Crippen molar-refractivity contribution in [2.45, 2.75) is 24.3 Å². The van der Waals surface area contributed by atoms with Crippen LogP contribution in [0.2, 0.25) is 0 Å². The Hall–Kier alpha value is -1.70. The van der Waals surface area contributed by atoms with Crippen molar-refractivity contribution < 1.29 is 13.2 Å². The van der Waals surface area contributed by atoms with E-state index in [4.69, 9.17) is 4.74 Å². The topological polar surface area (TPSA) is 64.4 Å². The number of ether oxygens (including phenoxy) is 1. The van der Waals surface area contributed by atoms with E-state index in [2.05, 4.69) is 5.10 Å². The van der Waals surface area contributed by atoms with Crippen LogP contribution in [0.5, 0.6) is 0 Å². The molecule has 2 aromatic rings. The van der Waals surface area contributed by atoms with Gasteiger partial charge in [-0.15, -0.1) is 0 Å². The van der Waals surface area contributed by atoms with Crippen LogP contribution in [-0.4, -0.2) is 42.8 Å². The summed E-state index contributed by atoms with van der Waals surface area (Å²) < 4.78 is 34.8. The van der Waals surface area contributed by atoms with Crippen molar-refractivity contribution in [1.82, 2.24) is 14.1 Å². The summed E-state index contributed by atoms with van der Waals surface area (Å²) in [5.41, 5.74) is 2.92. The molecule has 0 amide bonds. The van der Waals surface area contributed by atoms with Crippen LogP contribution in [0.4, 0.5) is 0 Å². The fourth-order valence-electron chi connectivity index (χ4n) is 3.16. The maximum Gasteiger partial charge on any atom is 0.243 e. The third-order valence-electron chi connectivity index (χ3n) is 4.25. The second kappa shape index (κ2) is 6.07. The monoisotopic (exact) mass is 335 g/mol. The van der Waals surface area contributed by atoms with Gasteiger partial charge in [-0.3, -0.25) is 4.68 Å². The first-order valence-corrected chi connectivity index (χ1v) is 8.97. The molecule has 1 atom stereocenters. The van der Waals surface area contributed by atoms with Gasteiger partial charge in [0.25, 0.3) is 0 Å². The maximum atomic E-state index is 13.1. The molecule has 23 heavy (non-hydrogen) atoms. The predicted octanol–water partition coefficient (Wildman–Crippen LogP) is 1.66. The average molecular weight is 335 g/mol. The number of fused-ring (bicyclic) bond motifs is 1. The third-order valence-corrected chi connectivity index (χ3v) is 6.15. The Labute approximate surface area is 136 Å². The highest BCUT2D eigenvalue weighted by Crippen LogP contribution is 2.34. The summed E-state index contributed by atoms with van der Waals surface area (Å²) in [6, 6.07) is 6.65. The number of sulfonamides is 1. The Balaban J connectivity index is 2.06. The van der Waals surface area contributed by atoms with E-state index in [-0.39, 0.29) is 6.04 Å². The third kappa shape index (κ3) is 2.80. The van der Waals surface area contributed by atoms with Gasteiger partial charge in [0.05, 0.1) is 29.4 Å². The Kier molecular flexibility index (Phi) is 4.27. The van der Waals surface area contributed by atoms with E-state index in [9.17, 15) is 8.42 Å². The first kappa shape index (κ1) is 16.2. The molecule has 7 heteroatoms. The highest BCUT2D eigenvalue weighted by molar-refractivity contribution is 7.89. The molecule has 1 unspecified atom stereocenters. The molecular weight excluding hydrogens is 314 g/mol. The van der Waals surface area contributed by atoms with E-state index in [1.807, 2.05) is 26.2 Å². The molecule has 0 N–H and O–H groups in total. The summed E-state index contributed by atoms with van der Waals surface area (Å²) in [4.78, 5) is 0.323. The van der Waals surface area contributed by atoms with Gasteiger partial charge in [-0.1, -0.05) is 12.1 Å². The number of aryl methyl sites for hydroxylation is 2. The van der Waals surface area contributed by atoms with Crippen molar-refractivity contribution in [2.24, 2.45) is 7.05 Å². The van der Waals surface area contributed by atoms with Gasteiger partial charge in [-0.2, -0.15) is 9.40 Å². The van der Waals surface area contributed by atoms with E-state index in [1.54, 1.807) is 30.0 Å². The van der Waals surface area contributed by atoms with Crippen LogP contribution in [-0.2, 0) is 28.2 Å². The lowest BCUT2D eigenvalue weighted by molar-refractivity contribution is 0.124. The highest BCUT2D eigenvalue weighted by Gasteiger charge is 2.38. The summed E-state index contributed by atoms with van der Waals surface area (Å²) in [5, 5.41) is 4.27. The largest absolute Gasteiger partial charge is 0.383 e. The van der Waals surface area contributed by atoms with Crippen molar-refractivity contribution in [1.29, 1.82) is 0 Å². The number of nitrogens with zero attached hydrogens (tertiary/aromatic N) is 3. The highest BCUT2D eigenvalue weighted by atomic mass is 32.2. The van der Waals surface area contributed by atoms with E-state index in [0.29, 0.717) is 24.5 Å². The molecule has 1 aromatic heterocycles. The second-order valence-corrected chi connectivity index (χ2v) is 7.72. The van der Waals surface area contributed by atoms with Crippen LogP contribution < -0.4 is 0 Å². The molecule has 2 heterocycles. The van der Waals surface area contributed by atoms with E-state index < -0.39 is 10.0 Å². The molecule has 0 bridgehead atoms. The van der Waals surface area contributed by atoms with Gasteiger partial charge < -0.3 is 4.74 Å². The number of aromatic nitrogens is 2. The first-order chi connectivity index (χ1) is 10.9. The fraction of sp³-hybridized carbons (Fsp3) is 0.438. The van der Waals surface area contributed by atoms with Crippen molar-refractivity contribution in [3.8, 4) is 0 Å². The molecule has 0 fully saturated rings. The van der Waals surface area contributed by atoms with Gasteiger partial charge in [-0.25, -0.2) is 8.42 Å². The molecule has 1 aromatic carbocycles. The van der Waals surface area contributed by atoms with Gasteiger partial charge in [0.15, 0.2) is 0 Å². The number of hydrogen-bond acceptors (Lipinski definition) is 4. The zero-order chi connectivity index (χ0) is 16.6. The van der Waals surface area contributed by atoms with E-state index >= 15 is 0 Å². The summed E-state index contributed by atoms with van der Waals surface area (Å²) >= 11 is 0. The van der Waals surface area contributed by atoms with Gasteiger partial charge >= 0.3 is 0 Å². The van der Waals surface area contributed by atoms with Gasteiger partial charge in [0.2, 0.25) is 10.0 Å².